The van der Waals surface area contributed by atoms with Crippen LogP contribution in [0.4, 0.5) is 26.3 Å². The first-order valence-electron chi connectivity index (χ1n) is 3.84. The number of unbranched alkanes of at least 4 members (excludes halogenated alkanes) is 1. The number of hydrogen-bond acceptors (Lipinski definition) is 0. The summed E-state index contributed by atoms with van der Waals surface area (Å²) in [5.74, 6) is -3.15. The van der Waals surface area contributed by atoms with Gasteiger partial charge in [-0.15, -0.1) is 0 Å². The average molecular weight is 218 g/mol. The van der Waals surface area contributed by atoms with Crippen molar-refractivity contribution in [3.05, 3.63) is 23.8 Å². The van der Waals surface area contributed by atoms with Crippen molar-refractivity contribution in [1.82, 2.24) is 0 Å². The third-order valence-corrected chi connectivity index (χ3v) is 1.45. The molecule has 0 saturated carbocycles. The van der Waals surface area contributed by atoms with Gasteiger partial charge in [-0.05, 0) is 12.8 Å². The Balaban J connectivity index is 3.69. The summed E-state index contributed by atoms with van der Waals surface area (Å²) in [5, 5.41) is 0. The fourth-order valence-corrected chi connectivity index (χ4v) is 0.749. The van der Waals surface area contributed by atoms with Gasteiger partial charge in [-0.25, -0.2) is 8.78 Å². The van der Waals surface area contributed by atoms with Gasteiger partial charge in [0.15, 0.2) is 11.7 Å². The number of halogens is 6. The van der Waals surface area contributed by atoms with Crippen LogP contribution in [-0.4, -0.2) is 0 Å². The topological polar surface area (TPSA) is 0 Å². The summed E-state index contributed by atoms with van der Waals surface area (Å²) in [6.45, 7) is 0. The first-order chi connectivity index (χ1) is 6.45. The zero-order valence-electron chi connectivity index (χ0n) is 7.10. The molecule has 14 heavy (non-hydrogen) atoms. The fourth-order valence-electron chi connectivity index (χ4n) is 0.749. The Labute approximate surface area is 76.9 Å². The normalized spacial score (nSPS) is 9.86. The molecule has 0 radical (unpaired) electrons. The molecule has 0 atom stereocenters. The molecular formula is C8H8F6. The summed E-state index contributed by atoms with van der Waals surface area (Å²) < 4.78 is 69.9. The van der Waals surface area contributed by atoms with Gasteiger partial charge in [0.1, 0.15) is 0 Å². The van der Waals surface area contributed by atoms with Crippen molar-refractivity contribution in [3.63, 3.8) is 0 Å². The summed E-state index contributed by atoms with van der Waals surface area (Å²) in [7, 11) is 0. The van der Waals surface area contributed by atoms with E-state index in [-0.39, 0.29) is 12.8 Å². The second-order valence-electron chi connectivity index (χ2n) is 2.54. The molecule has 6 heteroatoms. The van der Waals surface area contributed by atoms with Gasteiger partial charge in [-0.3, -0.25) is 0 Å². The quantitative estimate of drug-likeness (QED) is 0.463. The first kappa shape index (κ1) is 13.1. The van der Waals surface area contributed by atoms with E-state index in [0.717, 1.165) is 0 Å². The van der Waals surface area contributed by atoms with Gasteiger partial charge in [0.05, 0.1) is 0 Å². The maximum absolute atomic E-state index is 12.1. The Kier molecular flexibility index (Phi) is 6.07. The molecule has 0 amide bonds. The minimum absolute atomic E-state index is 0.0934. The second-order valence-corrected chi connectivity index (χ2v) is 2.54. The molecule has 0 bridgehead atoms. The van der Waals surface area contributed by atoms with Gasteiger partial charge in [-0.2, -0.15) is 17.6 Å². The van der Waals surface area contributed by atoms with Crippen LogP contribution >= 0.6 is 0 Å². The molecule has 0 aromatic heterocycles. The van der Waals surface area contributed by atoms with Crippen molar-refractivity contribution < 1.29 is 26.3 Å². The van der Waals surface area contributed by atoms with Crippen LogP contribution in [0.1, 0.15) is 25.7 Å². The van der Waals surface area contributed by atoms with Gasteiger partial charge in [-0.1, -0.05) is 0 Å². The number of hydrogen-bond donors (Lipinski definition) is 0. The minimum atomic E-state index is -2.42. The molecule has 0 aliphatic rings. The van der Waals surface area contributed by atoms with Crippen molar-refractivity contribution >= 4 is 0 Å². The van der Waals surface area contributed by atoms with E-state index in [4.69, 9.17) is 0 Å². The largest absolute Gasteiger partial charge is 0.301 e. The molecule has 0 aromatic rings. The Morgan fingerprint density at radius 3 is 1.07 bits per heavy atom. The third kappa shape index (κ3) is 5.66. The highest BCUT2D eigenvalue weighted by Crippen LogP contribution is 2.20. The summed E-state index contributed by atoms with van der Waals surface area (Å²) >= 11 is 0. The van der Waals surface area contributed by atoms with E-state index >= 15 is 0 Å². The minimum Gasteiger partial charge on any atom is -0.206 e. The van der Waals surface area contributed by atoms with Crippen LogP contribution in [0.25, 0.3) is 0 Å². The highest BCUT2D eigenvalue weighted by Gasteiger charge is 2.07. The van der Waals surface area contributed by atoms with Crippen LogP contribution in [0.3, 0.4) is 0 Å². The van der Waals surface area contributed by atoms with Gasteiger partial charge < -0.3 is 0 Å². The zero-order valence-corrected chi connectivity index (χ0v) is 7.10. The van der Waals surface area contributed by atoms with Crippen LogP contribution < -0.4 is 0 Å². The molecule has 0 aliphatic heterocycles. The fraction of sp³-hybridized carbons (Fsp3) is 0.500. The lowest BCUT2D eigenvalue weighted by Crippen LogP contribution is -1.82. The molecule has 0 unspecified atom stereocenters. The van der Waals surface area contributed by atoms with Gasteiger partial charge in [0, 0.05) is 12.8 Å². The highest BCUT2D eigenvalue weighted by molar-refractivity contribution is 4.93. The predicted octanol–water partition coefficient (Wildman–Crippen LogP) is 4.70. The maximum atomic E-state index is 12.1. The van der Waals surface area contributed by atoms with Gasteiger partial charge in [0.25, 0.3) is 0 Å². The summed E-state index contributed by atoms with van der Waals surface area (Å²) in [4.78, 5) is 0. The second kappa shape index (κ2) is 6.50. The molecule has 0 N–H and O–H groups in total. The lowest BCUT2D eigenvalue weighted by atomic mass is 10.2. The van der Waals surface area contributed by atoms with Crippen molar-refractivity contribution in [2.45, 2.75) is 25.7 Å². The van der Waals surface area contributed by atoms with Crippen LogP contribution in [0, 0.1) is 0 Å². The summed E-state index contributed by atoms with van der Waals surface area (Å²) in [5.41, 5.74) is 0. The third-order valence-electron chi connectivity index (χ3n) is 1.45. The number of rotatable bonds is 5. The maximum Gasteiger partial charge on any atom is 0.301 e. The van der Waals surface area contributed by atoms with E-state index in [1.807, 2.05) is 0 Å². The summed E-state index contributed by atoms with van der Waals surface area (Å²) in [6.07, 6.45) is -6.13. The van der Waals surface area contributed by atoms with Crippen LogP contribution in [0.2, 0.25) is 0 Å². The van der Waals surface area contributed by atoms with Crippen molar-refractivity contribution in [1.29, 1.82) is 0 Å². The van der Waals surface area contributed by atoms with E-state index in [1.54, 1.807) is 0 Å². The molecule has 0 saturated heterocycles. The molecule has 0 nitrogen and oxygen atoms in total. The van der Waals surface area contributed by atoms with E-state index in [1.165, 1.54) is 0 Å². The first-order valence-corrected chi connectivity index (χ1v) is 3.84. The lowest BCUT2D eigenvalue weighted by molar-refractivity contribution is 0.359. The van der Waals surface area contributed by atoms with Crippen LogP contribution in [0.5, 0.6) is 0 Å². The zero-order chi connectivity index (χ0) is 11.1. The Bertz CT molecular complexity index is 208. The molecule has 0 rings (SSSR count). The predicted molar refractivity (Wildman–Crippen MR) is 39.2 cm³/mol. The molecule has 0 heterocycles. The Morgan fingerprint density at radius 2 is 0.857 bits per heavy atom. The molecule has 82 valence electrons. The molecular weight excluding hydrogens is 210 g/mol. The SMILES string of the molecule is FC(F)=C(F)CCCCC(F)=C(F)F. The monoisotopic (exact) mass is 218 g/mol. The van der Waals surface area contributed by atoms with Crippen molar-refractivity contribution in [2.75, 3.05) is 0 Å². The van der Waals surface area contributed by atoms with Crippen LogP contribution in [0.15, 0.2) is 23.8 Å². The lowest BCUT2D eigenvalue weighted by Gasteiger charge is -1.97. The van der Waals surface area contributed by atoms with Crippen molar-refractivity contribution in [2.24, 2.45) is 0 Å². The van der Waals surface area contributed by atoms with Crippen LogP contribution in [-0.2, 0) is 0 Å². The average Bonchev–Trinajstić information content (AvgIpc) is 2.11. The van der Waals surface area contributed by atoms with Gasteiger partial charge >= 0.3 is 12.2 Å². The molecule has 0 aromatic carbocycles. The standard InChI is InChI=1S/C8H8F6/c9-5(7(11)12)3-1-2-4-6(10)8(13)14/h1-4H2. The highest BCUT2D eigenvalue weighted by atomic mass is 19.3. The Hall–Kier alpha value is -0.940. The van der Waals surface area contributed by atoms with E-state index in [9.17, 15) is 26.3 Å². The van der Waals surface area contributed by atoms with E-state index < -0.39 is 36.7 Å². The molecule has 0 aliphatic carbocycles. The van der Waals surface area contributed by atoms with E-state index in [2.05, 4.69) is 0 Å². The Morgan fingerprint density at radius 1 is 0.571 bits per heavy atom. The van der Waals surface area contributed by atoms with Crippen molar-refractivity contribution in [3.8, 4) is 0 Å². The summed E-state index contributed by atoms with van der Waals surface area (Å²) in [6, 6.07) is 0. The van der Waals surface area contributed by atoms with Gasteiger partial charge in [0.2, 0.25) is 0 Å². The smallest absolute Gasteiger partial charge is 0.206 e. The number of allylic oxidation sites excluding steroid dienone is 2. The van der Waals surface area contributed by atoms with E-state index in [0.29, 0.717) is 0 Å². The molecule has 0 fully saturated rings. The molecule has 0 spiro atoms.